The fourth-order valence-corrected chi connectivity index (χ4v) is 5.35. The summed E-state index contributed by atoms with van der Waals surface area (Å²) >= 11 is 2.74. The van der Waals surface area contributed by atoms with Gasteiger partial charge in [-0.25, -0.2) is 23.1 Å². The van der Waals surface area contributed by atoms with E-state index < -0.39 is 10.0 Å². The van der Waals surface area contributed by atoms with E-state index in [-0.39, 0.29) is 22.0 Å². The molecule has 1 amide bonds. The molecule has 1 atom stereocenters. The van der Waals surface area contributed by atoms with Crippen molar-refractivity contribution in [3.8, 4) is 0 Å². The average molecular weight is 465 g/mol. The molecule has 12 heteroatoms. The number of amides is 1. The van der Waals surface area contributed by atoms with Crippen molar-refractivity contribution in [2.45, 2.75) is 42.2 Å². The number of hydrogen-bond donors (Lipinski definition) is 2. The van der Waals surface area contributed by atoms with Crippen LogP contribution in [0.15, 0.2) is 39.6 Å². The van der Waals surface area contributed by atoms with Gasteiger partial charge in [0.2, 0.25) is 11.9 Å². The van der Waals surface area contributed by atoms with E-state index in [2.05, 4.69) is 30.2 Å². The number of carbonyl (C=O) groups is 1. The first-order valence-corrected chi connectivity index (χ1v) is 12.0. The molecule has 0 radical (unpaired) electrons. The van der Waals surface area contributed by atoms with E-state index in [4.69, 9.17) is 0 Å². The van der Waals surface area contributed by atoms with Crippen LogP contribution in [0.25, 0.3) is 0 Å². The monoisotopic (exact) mass is 464 g/mol. The number of nitrogens with one attached hydrogen (secondary N) is 2. The number of aromatic nitrogens is 4. The zero-order chi connectivity index (χ0) is 21.9. The topological polar surface area (TPSA) is 127 Å². The fraction of sp³-hybridized carbons (Fsp3) is 0.278. The van der Waals surface area contributed by atoms with Gasteiger partial charge >= 0.3 is 0 Å². The van der Waals surface area contributed by atoms with E-state index in [0.717, 1.165) is 9.35 Å². The van der Waals surface area contributed by atoms with Crippen molar-refractivity contribution in [2.75, 3.05) is 10.0 Å². The van der Waals surface area contributed by atoms with E-state index in [1.54, 1.807) is 26.8 Å². The van der Waals surface area contributed by atoms with Gasteiger partial charge in [-0.2, -0.15) is 0 Å². The second-order valence-electron chi connectivity index (χ2n) is 6.44. The molecule has 1 unspecified atom stereocenters. The normalized spacial score (nSPS) is 12.4. The van der Waals surface area contributed by atoms with Crippen LogP contribution in [-0.2, 0) is 14.8 Å². The Balaban J connectivity index is 1.65. The van der Waals surface area contributed by atoms with E-state index in [0.29, 0.717) is 17.1 Å². The predicted octanol–water partition coefficient (Wildman–Crippen LogP) is 3.17. The molecule has 30 heavy (non-hydrogen) atoms. The van der Waals surface area contributed by atoms with Crippen LogP contribution in [0.5, 0.6) is 0 Å². The molecule has 2 heterocycles. The third-order valence-corrected chi connectivity index (χ3v) is 7.16. The zero-order valence-corrected chi connectivity index (χ0v) is 19.2. The molecule has 3 rings (SSSR count). The van der Waals surface area contributed by atoms with Crippen molar-refractivity contribution in [3.63, 3.8) is 0 Å². The number of anilines is 2. The van der Waals surface area contributed by atoms with Gasteiger partial charge in [-0.3, -0.25) is 4.79 Å². The summed E-state index contributed by atoms with van der Waals surface area (Å²) in [6.07, 6.45) is 0. The van der Waals surface area contributed by atoms with Crippen LogP contribution >= 0.6 is 23.1 Å². The van der Waals surface area contributed by atoms with Crippen LogP contribution in [0.2, 0.25) is 0 Å². The smallest absolute Gasteiger partial charge is 0.264 e. The molecule has 0 aliphatic rings. The highest BCUT2D eigenvalue weighted by Gasteiger charge is 2.19. The molecule has 0 spiro atoms. The lowest BCUT2D eigenvalue weighted by molar-refractivity contribution is -0.115. The molecule has 0 aliphatic carbocycles. The van der Waals surface area contributed by atoms with Gasteiger partial charge in [-0.05, 0) is 58.0 Å². The molecule has 9 nitrogen and oxygen atoms in total. The number of nitrogens with zero attached hydrogens (tertiary/aromatic N) is 4. The van der Waals surface area contributed by atoms with E-state index >= 15 is 0 Å². The third-order valence-electron chi connectivity index (χ3n) is 3.79. The standard InChI is InChI=1S/C18H20N6O3S3/c1-10-9-11(2)20-17(19-10)24-30(26,27)15-7-5-14(6-8-15)21-16(25)12(3)28-18-23-22-13(4)29-18/h5-9,12H,1-4H3,(H,21,25)(H,19,20,24). The van der Waals surface area contributed by atoms with Crippen LogP contribution in [-0.4, -0.2) is 39.7 Å². The number of aryl methyl sites for hydroxylation is 3. The lowest BCUT2D eigenvalue weighted by Gasteiger charge is -2.11. The molecule has 0 bridgehead atoms. The maximum atomic E-state index is 12.6. The van der Waals surface area contributed by atoms with Gasteiger partial charge in [0.15, 0.2) is 4.34 Å². The van der Waals surface area contributed by atoms with Crippen LogP contribution < -0.4 is 10.0 Å². The molecular formula is C18H20N6O3S3. The number of benzene rings is 1. The Morgan fingerprint density at radius 1 is 1.07 bits per heavy atom. The van der Waals surface area contributed by atoms with Gasteiger partial charge in [0, 0.05) is 17.1 Å². The van der Waals surface area contributed by atoms with Crippen molar-refractivity contribution >= 4 is 50.7 Å². The minimum atomic E-state index is -3.85. The molecule has 0 saturated heterocycles. The first-order chi connectivity index (χ1) is 14.1. The second kappa shape index (κ2) is 9.06. The molecule has 2 aromatic heterocycles. The minimum Gasteiger partial charge on any atom is -0.325 e. The average Bonchev–Trinajstić information content (AvgIpc) is 3.05. The Bertz CT molecular complexity index is 1140. The van der Waals surface area contributed by atoms with Crippen molar-refractivity contribution in [2.24, 2.45) is 0 Å². The first kappa shape index (κ1) is 22.1. The minimum absolute atomic E-state index is 0.0163. The summed E-state index contributed by atoms with van der Waals surface area (Å²) in [7, 11) is -3.85. The summed E-state index contributed by atoms with van der Waals surface area (Å²) in [5, 5.41) is 11.1. The number of hydrogen-bond acceptors (Lipinski definition) is 9. The maximum Gasteiger partial charge on any atom is 0.264 e. The predicted molar refractivity (Wildman–Crippen MR) is 117 cm³/mol. The van der Waals surface area contributed by atoms with E-state index in [1.165, 1.54) is 47.4 Å². The molecular weight excluding hydrogens is 444 g/mol. The Morgan fingerprint density at radius 3 is 2.27 bits per heavy atom. The van der Waals surface area contributed by atoms with Gasteiger partial charge in [0.25, 0.3) is 10.0 Å². The van der Waals surface area contributed by atoms with E-state index in [1.807, 2.05) is 6.92 Å². The Morgan fingerprint density at radius 2 is 1.70 bits per heavy atom. The number of thioether (sulfide) groups is 1. The number of sulfonamides is 1. The molecule has 0 aliphatic heterocycles. The van der Waals surface area contributed by atoms with Crippen LogP contribution in [0.3, 0.4) is 0 Å². The van der Waals surface area contributed by atoms with Gasteiger partial charge in [0.05, 0.1) is 10.1 Å². The highest BCUT2D eigenvalue weighted by Crippen LogP contribution is 2.27. The number of rotatable bonds is 7. The van der Waals surface area contributed by atoms with Crippen LogP contribution in [0.4, 0.5) is 11.6 Å². The van der Waals surface area contributed by atoms with Gasteiger partial charge < -0.3 is 5.32 Å². The Kier molecular flexibility index (Phi) is 6.68. The zero-order valence-electron chi connectivity index (χ0n) is 16.7. The Hall–Kier alpha value is -2.57. The highest BCUT2D eigenvalue weighted by atomic mass is 32.2. The van der Waals surface area contributed by atoms with Crippen molar-refractivity contribution < 1.29 is 13.2 Å². The molecule has 3 aromatic rings. The molecule has 1 aromatic carbocycles. The summed E-state index contributed by atoms with van der Waals surface area (Å²) in [5.74, 6) is -0.201. The Labute approximate surface area is 182 Å². The SMILES string of the molecule is Cc1cc(C)nc(NS(=O)(=O)c2ccc(NC(=O)C(C)Sc3nnc(C)s3)cc2)n1. The summed E-state index contributed by atoms with van der Waals surface area (Å²) in [6, 6.07) is 7.63. The van der Waals surface area contributed by atoms with Crippen molar-refractivity contribution in [1.82, 2.24) is 20.2 Å². The lowest BCUT2D eigenvalue weighted by atomic mass is 10.3. The molecule has 2 N–H and O–H groups in total. The number of carbonyl (C=O) groups excluding carboxylic acids is 1. The van der Waals surface area contributed by atoms with Crippen LogP contribution in [0, 0.1) is 20.8 Å². The summed E-state index contributed by atoms with van der Waals surface area (Å²) < 4.78 is 28.2. The highest BCUT2D eigenvalue weighted by molar-refractivity contribution is 8.02. The third kappa shape index (κ3) is 5.74. The maximum absolute atomic E-state index is 12.6. The summed E-state index contributed by atoms with van der Waals surface area (Å²) in [4.78, 5) is 20.6. The van der Waals surface area contributed by atoms with Gasteiger partial charge in [-0.15, -0.1) is 10.2 Å². The van der Waals surface area contributed by atoms with Gasteiger partial charge in [0.1, 0.15) is 5.01 Å². The fourth-order valence-electron chi connectivity index (χ4n) is 2.44. The van der Waals surface area contributed by atoms with Crippen molar-refractivity contribution in [1.29, 1.82) is 0 Å². The summed E-state index contributed by atoms with van der Waals surface area (Å²) in [6.45, 7) is 7.14. The summed E-state index contributed by atoms with van der Waals surface area (Å²) in [5.41, 5.74) is 1.81. The van der Waals surface area contributed by atoms with Crippen molar-refractivity contribution in [3.05, 3.63) is 46.7 Å². The quantitative estimate of drug-likeness (QED) is 0.511. The molecule has 0 saturated carbocycles. The van der Waals surface area contributed by atoms with Crippen LogP contribution in [0.1, 0.15) is 23.3 Å². The largest absolute Gasteiger partial charge is 0.325 e. The van der Waals surface area contributed by atoms with E-state index in [9.17, 15) is 13.2 Å². The first-order valence-electron chi connectivity index (χ1n) is 8.85. The molecule has 0 fully saturated rings. The lowest BCUT2D eigenvalue weighted by Crippen LogP contribution is -2.22. The van der Waals surface area contributed by atoms with Gasteiger partial charge in [-0.1, -0.05) is 23.1 Å². The second-order valence-corrected chi connectivity index (χ2v) is 10.9. The molecule has 158 valence electrons.